The fourth-order valence-electron chi connectivity index (χ4n) is 2.83. The number of nitrogens with two attached hydrogens (primary N) is 1. The quantitative estimate of drug-likeness (QED) is 0.781. The van der Waals surface area contributed by atoms with Crippen molar-refractivity contribution in [1.82, 2.24) is 4.90 Å². The summed E-state index contributed by atoms with van der Waals surface area (Å²) < 4.78 is 0. The molecule has 1 rings (SSSR count). The van der Waals surface area contributed by atoms with Crippen LogP contribution in [-0.2, 0) is 4.79 Å². The zero-order valence-electron chi connectivity index (χ0n) is 11.9. The highest BCUT2D eigenvalue weighted by Gasteiger charge is 2.44. The molecule has 0 heterocycles. The van der Waals surface area contributed by atoms with Crippen molar-refractivity contribution in [3.63, 3.8) is 0 Å². The molecule has 0 aromatic heterocycles. The van der Waals surface area contributed by atoms with Gasteiger partial charge in [0.05, 0.1) is 10.4 Å². The largest absolute Gasteiger partial charge is 0.392 e. The Balaban J connectivity index is 2.97. The Labute approximate surface area is 116 Å². The summed E-state index contributed by atoms with van der Waals surface area (Å²) in [5.41, 5.74) is 5.36. The van der Waals surface area contributed by atoms with Crippen LogP contribution >= 0.6 is 12.2 Å². The second-order valence-corrected chi connectivity index (χ2v) is 6.04. The topological polar surface area (TPSA) is 46.3 Å². The standard InChI is InChI=1S/C14H26N2OS/c1-4-10-16(11(2)3)13(17)14(12(15)18)8-6-5-7-9-14/h11H,4-10H2,1-3H3,(H2,15,18). The molecule has 0 bridgehead atoms. The monoisotopic (exact) mass is 270 g/mol. The average molecular weight is 270 g/mol. The fourth-order valence-corrected chi connectivity index (χ4v) is 3.12. The number of amides is 1. The fraction of sp³-hybridized carbons (Fsp3) is 0.857. The zero-order valence-corrected chi connectivity index (χ0v) is 12.7. The second kappa shape index (κ2) is 6.50. The third-order valence-corrected chi connectivity index (χ3v) is 4.33. The third-order valence-electron chi connectivity index (χ3n) is 3.94. The van der Waals surface area contributed by atoms with Crippen molar-refractivity contribution < 1.29 is 4.79 Å². The lowest BCUT2D eigenvalue weighted by Crippen LogP contribution is -2.53. The molecule has 1 saturated carbocycles. The van der Waals surface area contributed by atoms with Gasteiger partial charge in [0.25, 0.3) is 0 Å². The van der Waals surface area contributed by atoms with Crippen molar-refractivity contribution >= 4 is 23.1 Å². The Morgan fingerprint density at radius 2 is 1.89 bits per heavy atom. The van der Waals surface area contributed by atoms with Crippen LogP contribution in [0, 0.1) is 5.41 Å². The van der Waals surface area contributed by atoms with Gasteiger partial charge in [0.15, 0.2) is 0 Å². The lowest BCUT2D eigenvalue weighted by Gasteiger charge is -2.40. The minimum absolute atomic E-state index is 0.159. The van der Waals surface area contributed by atoms with Crippen molar-refractivity contribution in [3.8, 4) is 0 Å². The van der Waals surface area contributed by atoms with E-state index in [4.69, 9.17) is 18.0 Å². The normalized spacial score (nSPS) is 18.7. The van der Waals surface area contributed by atoms with E-state index in [2.05, 4.69) is 20.8 Å². The molecular weight excluding hydrogens is 244 g/mol. The highest BCUT2D eigenvalue weighted by molar-refractivity contribution is 7.80. The van der Waals surface area contributed by atoms with Crippen LogP contribution in [0.1, 0.15) is 59.3 Å². The van der Waals surface area contributed by atoms with E-state index in [1.54, 1.807) is 0 Å². The summed E-state index contributed by atoms with van der Waals surface area (Å²) >= 11 is 5.22. The minimum atomic E-state index is -0.562. The van der Waals surface area contributed by atoms with E-state index in [-0.39, 0.29) is 11.9 Å². The van der Waals surface area contributed by atoms with Gasteiger partial charge in [0.1, 0.15) is 0 Å². The molecule has 0 radical (unpaired) electrons. The van der Waals surface area contributed by atoms with Crippen molar-refractivity contribution in [2.75, 3.05) is 6.54 Å². The van der Waals surface area contributed by atoms with Crippen LogP contribution in [0.25, 0.3) is 0 Å². The Bertz CT molecular complexity index is 309. The maximum absolute atomic E-state index is 12.9. The molecule has 0 atom stereocenters. The minimum Gasteiger partial charge on any atom is -0.392 e. The average Bonchev–Trinajstić information content (AvgIpc) is 2.35. The summed E-state index contributed by atoms with van der Waals surface area (Å²) in [6.45, 7) is 7.01. The summed E-state index contributed by atoms with van der Waals surface area (Å²) in [7, 11) is 0. The molecule has 0 unspecified atom stereocenters. The van der Waals surface area contributed by atoms with Gasteiger partial charge < -0.3 is 10.6 Å². The molecule has 0 saturated heterocycles. The lowest BCUT2D eigenvalue weighted by molar-refractivity contribution is -0.141. The maximum Gasteiger partial charge on any atom is 0.235 e. The van der Waals surface area contributed by atoms with Crippen LogP contribution in [0.2, 0.25) is 0 Å². The van der Waals surface area contributed by atoms with E-state index < -0.39 is 5.41 Å². The van der Waals surface area contributed by atoms with Crippen molar-refractivity contribution in [2.24, 2.45) is 11.1 Å². The Hall–Kier alpha value is -0.640. The van der Waals surface area contributed by atoms with Gasteiger partial charge in [-0.1, -0.05) is 38.4 Å². The third kappa shape index (κ3) is 3.02. The van der Waals surface area contributed by atoms with Crippen LogP contribution in [0.4, 0.5) is 0 Å². The van der Waals surface area contributed by atoms with Crippen molar-refractivity contribution in [2.45, 2.75) is 65.3 Å². The van der Waals surface area contributed by atoms with Gasteiger partial charge in [-0.2, -0.15) is 0 Å². The smallest absolute Gasteiger partial charge is 0.235 e. The number of nitrogens with zero attached hydrogens (tertiary/aromatic N) is 1. The van der Waals surface area contributed by atoms with E-state index in [0.29, 0.717) is 4.99 Å². The Morgan fingerprint density at radius 1 is 1.33 bits per heavy atom. The first kappa shape index (κ1) is 15.4. The van der Waals surface area contributed by atoms with Crippen LogP contribution in [0.15, 0.2) is 0 Å². The van der Waals surface area contributed by atoms with Gasteiger partial charge in [0.2, 0.25) is 5.91 Å². The predicted octanol–water partition coefficient (Wildman–Crippen LogP) is 2.87. The first-order valence-corrected chi connectivity index (χ1v) is 7.47. The van der Waals surface area contributed by atoms with Gasteiger partial charge in [0, 0.05) is 12.6 Å². The molecule has 4 heteroatoms. The van der Waals surface area contributed by atoms with E-state index in [1.165, 1.54) is 6.42 Å². The number of thiocarbonyl (C=S) groups is 1. The zero-order chi connectivity index (χ0) is 13.8. The molecule has 1 aliphatic rings. The molecule has 104 valence electrons. The van der Waals surface area contributed by atoms with E-state index in [9.17, 15) is 4.79 Å². The molecular formula is C14H26N2OS. The summed E-state index contributed by atoms with van der Waals surface area (Å²) in [4.78, 5) is 15.2. The first-order valence-electron chi connectivity index (χ1n) is 7.06. The Kier molecular flexibility index (Phi) is 5.57. The van der Waals surface area contributed by atoms with Gasteiger partial charge in [-0.25, -0.2) is 0 Å². The molecule has 3 nitrogen and oxygen atoms in total. The van der Waals surface area contributed by atoms with E-state index >= 15 is 0 Å². The summed E-state index contributed by atoms with van der Waals surface area (Å²) in [6.07, 6.45) is 5.93. The van der Waals surface area contributed by atoms with Crippen LogP contribution in [0.5, 0.6) is 0 Å². The summed E-state index contributed by atoms with van der Waals surface area (Å²) in [6, 6.07) is 0.214. The number of carbonyl (C=O) groups is 1. The van der Waals surface area contributed by atoms with Gasteiger partial charge in [-0.3, -0.25) is 4.79 Å². The molecule has 1 fully saturated rings. The number of carbonyl (C=O) groups excluding carboxylic acids is 1. The van der Waals surface area contributed by atoms with Crippen LogP contribution in [-0.4, -0.2) is 28.4 Å². The molecule has 1 aliphatic carbocycles. The highest BCUT2D eigenvalue weighted by atomic mass is 32.1. The van der Waals surface area contributed by atoms with Crippen LogP contribution < -0.4 is 5.73 Å². The number of hydrogen-bond acceptors (Lipinski definition) is 2. The first-order chi connectivity index (χ1) is 8.45. The van der Waals surface area contributed by atoms with E-state index in [1.807, 2.05) is 4.90 Å². The summed E-state index contributed by atoms with van der Waals surface area (Å²) in [5.74, 6) is 0.159. The summed E-state index contributed by atoms with van der Waals surface area (Å²) in [5, 5.41) is 0. The van der Waals surface area contributed by atoms with Gasteiger partial charge in [-0.15, -0.1) is 0 Å². The number of rotatable bonds is 5. The van der Waals surface area contributed by atoms with Crippen molar-refractivity contribution in [3.05, 3.63) is 0 Å². The SMILES string of the molecule is CCCN(C(=O)C1(C(N)=S)CCCCC1)C(C)C. The molecule has 0 aromatic rings. The van der Waals surface area contributed by atoms with E-state index in [0.717, 1.165) is 38.6 Å². The van der Waals surface area contributed by atoms with Crippen LogP contribution in [0.3, 0.4) is 0 Å². The van der Waals surface area contributed by atoms with Gasteiger partial charge >= 0.3 is 0 Å². The van der Waals surface area contributed by atoms with Gasteiger partial charge in [-0.05, 0) is 33.1 Å². The molecule has 0 aromatic carbocycles. The Morgan fingerprint density at radius 3 is 2.28 bits per heavy atom. The maximum atomic E-state index is 12.9. The lowest BCUT2D eigenvalue weighted by atomic mass is 9.72. The second-order valence-electron chi connectivity index (χ2n) is 5.60. The molecule has 1 amide bonds. The molecule has 0 aliphatic heterocycles. The molecule has 0 spiro atoms. The highest BCUT2D eigenvalue weighted by Crippen LogP contribution is 2.38. The number of hydrogen-bond donors (Lipinski definition) is 1. The van der Waals surface area contributed by atoms with Crippen molar-refractivity contribution in [1.29, 1.82) is 0 Å². The molecule has 2 N–H and O–H groups in total. The predicted molar refractivity (Wildman–Crippen MR) is 79.4 cm³/mol. The molecule has 18 heavy (non-hydrogen) atoms.